The maximum atomic E-state index is 13.7. The van der Waals surface area contributed by atoms with E-state index in [9.17, 15) is 9.59 Å². The van der Waals surface area contributed by atoms with E-state index < -0.39 is 0 Å². The fraction of sp³-hybridized carbons (Fsp3) is 0.250. The normalized spacial score (nSPS) is 15.1. The van der Waals surface area contributed by atoms with Gasteiger partial charge >= 0.3 is 0 Å². The summed E-state index contributed by atoms with van der Waals surface area (Å²) >= 11 is 12.7. The van der Waals surface area contributed by atoms with Crippen LogP contribution in [0.1, 0.15) is 39.5 Å². The van der Waals surface area contributed by atoms with Crippen molar-refractivity contribution in [1.82, 2.24) is 9.91 Å². The largest absolute Gasteiger partial charge is 0.383 e. The number of methoxy groups -OCH3 is 1. The van der Waals surface area contributed by atoms with E-state index in [0.717, 1.165) is 22.4 Å². The van der Waals surface area contributed by atoms with Gasteiger partial charge in [-0.25, -0.2) is 5.01 Å². The topological polar surface area (TPSA) is 62.2 Å². The molecule has 0 aliphatic carbocycles. The zero-order chi connectivity index (χ0) is 25.7. The Morgan fingerprint density at radius 3 is 2.33 bits per heavy atom. The number of rotatable bonds is 8. The van der Waals surface area contributed by atoms with Crippen LogP contribution in [-0.2, 0) is 9.53 Å². The molecule has 0 spiro atoms. The van der Waals surface area contributed by atoms with E-state index in [1.165, 1.54) is 9.91 Å². The highest BCUT2D eigenvalue weighted by Crippen LogP contribution is 2.34. The number of carbonyl (C=O) groups excluding carboxylic acids is 2. The molecule has 0 bridgehead atoms. The number of hydrogen-bond donors (Lipinski definition) is 0. The molecule has 2 amide bonds. The molecule has 6 nitrogen and oxygen atoms in total. The van der Waals surface area contributed by atoms with Crippen molar-refractivity contribution in [1.29, 1.82) is 0 Å². The van der Waals surface area contributed by atoms with Gasteiger partial charge in [0.1, 0.15) is 6.54 Å². The number of nitrogens with zero attached hydrogens (tertiary/aromatic N) is 3. The van der Waals surface area contributed by atoms with E-state index in [-0.39, 0.29) is 37.6 Å². The van der Waals surface area contributed by atoms with E-state index >= 15 is 0 Å². The lowest BCUT2D eigenvalue weighted by atomic mass is 9.97. The van der Waals surface area contributed by atoms with Crippen LogP contribution in [0.4, 0.5) is 0 Å². The first-order valence-corrected chi connectivity index (χ1v) is 12.4. The monoisotopic (exact) mass is 523 g/mol. The zero-order valence-electron chi connectivity index (χ0n) is 20.2. The van der Waals surface area contributed by atoms with E-state index in [1.807, 2.05) is 49.4 Å². The third-order valence-corrected chi connectivity index (χ3v) is 6.75. The van der Waals surface area contributed by atoms with Gasteiger partial charge in [-0.15, -0.1) is 0 Å². The molecule has 0 radical (unpaired) electrons. The molecule has 3 aromatic carbocycles. The Hall–Kier alpha value is -3.19. The summed E-state index contributed by atoms with van der Waals surface area (Å²) in [5.74, 6) is -0.647. The fourth-order valence-corrected chi connectivity index (χ4v) is 4.60. The molecule has 36 heavy (non-hydrogen) atoms. The lowest BCUT2D eigenvalue weighted by Crippen LogP contribution is -2.42. The van der Waals surface area contributed by atoms with Gasteiger partial charge in [0.25, 0.3) is 11.8 Å². The Kier molecular flexibility index (Phi) is 8.41. The van der Waals surface area contributed by atoms with Gasteiger partial charge in [0, 0.05) is 30.7 Å². The van der Waals surface area contributed by atoms with Gasteiger partial charge in [0.15, 0.2) is 0 Å². The van der Waals surface area contributed by atoms with E-state index in [1.54, 1.807) is 37.4 Å². The van der Waals surface area contributed by atoms with Crippen molar-refractivity contribution in [2.45, 2.75) is 19.4 Å². The molecule has 0 saturated carbocycles. The number of aryl methyl sites for hydroxylation is 1. The summed E-state index contributed by atoms with van der Waals surface area (Å²) in [4.78, 5) is 28.4. The molecule has 0 N–H and O–H groups in total. The molecule has 0 aromatic heterocycles. The Morgan fingerprint density at radius 1 is 1.00 bits per heavy atom. The van der Waals surface area contributed by atoms with Crippen molar-refractivity contribution in [2.75, 3.05) is 26.8 Å². The zero-order valence-corrected chi connectivity index (χ0v) is 21.7. The van der Waals surface area contributed by atoms with Crippen molar-refractivity contribution in [3.05, 3.63) is 105 Å². The average Bonchev–Trinajstić information content (AvgIpc) is 3.32. The number of halogens is 2. The van der Waals surface area contributed by atoms with Crippen LogP contribution in [0.15, 0.2) is 77.9 Å². The standard InChI is InChI=1S/C28H27Cl2N3O3/c1-19-11-13-20(14-12-19)26-17-25(21-7-3-5-9-23(21)29)31-33(26)27(34)18-32(15-16-36-2)28(35)22-8-4-6-10-24(22)30/h3-14,26H,15-18H2,1-2H3. The summed E-state index contributed by atoms with van der Waals surface area (Å²) in [6.07, 6.45) is 0.509. The quantitative estimate of drug-likeness (QED) is 0.376. The molecule has 0 saturated heterocycles. The third-order valence-electron chi connectivity index (χ3n) is 6.10. The molecular formula is C28H27Cl2N3O3. The maximum absolute atomic E-state index is 13.7. The van der Waals surface area contributed by atoms with Crippen LogP contribution >= 0.6 is 23.2 Å². The van der Waals surface area contributed by atoms with Crippen LogP contribution in [-0.4, -0.2) is 54.2 Å². The molecule has 1 unspecified atom stereocenters. The Labute approximate surface area is 221 Å². The summed E-state index contributed by atoms with van der Waals surface area (Å²) in [6.45, 7) is 2.35. The second-order valence-corrected chi connectivity index (χ2v) is 9.41. The lowest BCUT2D eigenvalue weighted by Gasteiger charge is -2.27. The van der Waals surface area contributed by atoms with Gasteiger partial charge in [0.2, 0.25) is 0 Å². The van der Waals surface area contributed by atoms with E-state index in [0.29, 0.717) is 22.0 Å². The SMILES string of the molecule is COCCN(CC(=O)N1N=C(c2ccccc2Cl)CC1c1ccc(C)cc1)C(=O)c1ccccc1Cl. The summed E-state index contributed by atoms with van der Waals surface area (Å²) in [5, 5.41) is 7.08. The molecule has 8 heteroatoms. The summed E-state index contributed by atoms with van der Waals surface area (Å²) in [6, 6.07) is 22.0. The van der Waals surface area contributed by atoms with Gasteiger partial charge in [-0.1, -0.05) is 83.4 Å². The van der Waals surface area contributed by atoms with Crippen molar-refractivity contribution in [3.8, 4) is 0 Å². The van der Waals surface area contributed by atoms with Crippen molar-refractivity contribution in [2.24, 2.45) is 5.10 Å². The van der Waals surface area contributed by atoms with E-state index in [2.05, 4.69) is 0 Å². The Balaban J connectivity index is 1.65. The predicted octanol–water partition coefficient (Wildman–Crippen LogP) is 5.77. The van der Waals surface area contributed by atoms with Crippen molar-refractivity contribution >= 4 is 40.7 Å². The highest BCUT2D eigenvalue weighted by Gasteiger charge is 2.35. The first kappa shape index (κ1) is 25.9. The Morgan fingerprint density at radius 2 is 1.67 bits per heavy atom. The minimum absolute atomic E-state index is 0.172. The highest BCUT2D eigenvalue weighted by atomic mass is 35.5. The average molecular weight is 524 g/mol. The summed E-state index contributed by atoms with van der Waals surface area (Å²) in [7, 11) is 1.55. The molecule has 1 aliphatic heterocycles. The van der Waals surface area contributed by atoms with Crippen LogP contribution < -0.4 is 0 Å². The number of ether oxygens (including phenoxy) is 1. The first-order chi connectivity index (χ1) is 17.4. The van der Waals surface area contributed by atoms with Crippen LogP contribution in [0.5, 0.6) is 0 Å². The van der Waals surface area contributed by atoms with E-state index in [4.69, 9.17) is 33.0 Å². The minimum Gasteiger partial charge on any atom is -0.383 e. The van der Waals surface area contributed by atoms with Gasteiger partial charge in [-0.2, -0.15) is 5.10 Å². The third kappa shape index (κ3) is 5.78. The number of carbonyl (C=O) groups is 2. The number of amides is 2. The van der Waals surface area contributed by atoms with Crippen molar-refractivity contribution < 1.29 is 14.3 Å². The molecule has 3 aromatic rings. The van der Waals surface area contributed by atoms with Gasteiger partial charge in [-0.05, 0) is 30.7 Å². The molecule has 0 fully saturated rings. The van der Waals surface area contributed by atoms with Crippen LogP contribution in [0.2, 0.25) is 10.0 Å². The van der Waals surface area contributed by atoms with Crippen LogP contribution in [0.3, 0.4) is 0 Å². The first-order valence-electron chi connectivity index (χ1n) is 11.6. The van der Waals surface area contributed by atoms with Gasteiger partial charge in [-0.3, -0.25) is 9.59 Å². The number of benzene rings is 3. The molecule has 4 rings (SSSR count). The Bertz CT molecular complexity index is 1280. The molecule has 186 valence electrons. The maximum Gasteiger partial charge on any atom is 0.262 e. The minimum atomic E-state index is -0.340. The lowest BCUT2D eigenvalue weighted by molar-refractivity contribution is -0.133. The van der Waals surface area contributed by atoms with Crippen LogP contribution in [0.25, 0.3) is 0 Å². The van der Waals surface area contributed by atoms with Crippen molar-refractivity contribution in [3.63, 3.8) is 0 Å². The molecular weight excluding hydrogens is 497 g/mol. The summed E-state index contributed by atoms with van der Waals surface area (Å²) in [5.41, 5.74) is 3.92. The number of hydrazone groups is 1. The number of hydrogen-bond acceptors (Lipinski definition) is 4. The van der Waals surface area contributed by atoms with Gasteiger partial charge in [0.05, 0.1) is 28.9 Å². The van der Waals surface area contributed by atoms with Crippen LogP contribution in [0, 0.1) is 6.92 Å². The summed E-state index contributed by atoms with van der Waals surface area (Å²) < 4.78 is 5.19. The molecule has 1 heterocycles. The molecule has 1 atom stereocenters. The van der Waals surface area contributed by atoms with Gasteiger partial charge < -0.3 is 9.64 Å². The molecule has 1 aliphatic rings. The smallest absolute Gasteiger partial charge is 0.262 e. The second-order valence-electron chi connectivity index (χ2n) is 8.59. The fourth-order valence-electron chi connectivity index (χ4n) is 4.14. The second kappa shape index (κ2) is 11.7. The predicted molar refractivity (Wildman–Crippen MR) is 143 cm³/mol. The highest BCUT2D eigenvalue weighted by molar-refractivity contribution is 6.34.